The summed E-state index contributed by atoms with van der Waals surface area (Å²) in [7, 11) is 1.43. The van der Waals surface area contributed by atoms with Gasteiger partial charge in [-0.3, -0.25) is 4.79 Å². The molecule has 0 radical (unpaired) electrons. The molecule has 0 saturated carbocycles. The minimum absolute atomic E-state index is 0.121. The smallest absolute Gasteiger partial charge is 0.175 e. The summed E-state index contributed by atoms with van der Waals surface area (Å²) in [4.78, 5) is 11.0. The van der Waals surface area contributed by atoms with Crippen molar-refractivity contribution in [1.29, 1.82) is 0 Å². The van der Waals surface area contributed by atoms with Crippen LogP contribution in [0.5, 0.6) is 11.5 Å². The van der Waals surface area contributed by atoms with E-state index in [2.05, 4.69) is 15.9 Å². The van der Waals surface area contributed by atoms with Crippen molar-refractivity contribution in [2.75, 3.05) is 7.11 Å². The van der Waals surface area contributed by atoms with Crippen molar-refractivity contribution in [3.05, 3.63) is 22.2 Å². The maximum absolute atomic E-state index is 11.0. The van der Waals surface area contributed by atoms with Gasteiger partial charge in [-0.15, -0.1) is 0 Å². The molecule has 0 fully saturated rings. The number of halogens is 1. The minimum Gasteiger partial charge on any atom is -0.504 e. The molecule has 0 atom stereocenters. The highest BCUT2D eigenvalue weighted by atomic mass is 79.9. The van der Waals surface area contributed by atoms with Crippen molar-refractivity contribution in [3.63, 3.8) is 0 Å². The number of Topliss-reactive ketones (excluding diaryl/α,β-unsaturated/α-hetero) is 1. The maximum Gasteiger partial charge on any atom is 0.175 e. The van der Waals surface area contributed by atoms with Crippen molar-refractivity contribution < 1.29 is 14.6 Å². The molecule has 0 aliphatic rings. The zero-order valence-electron chi connectivity index (χ0n) is 7.30. The molecule has 0 aliphatic carbocycles. The number of benzene rings is 1. The minimum atomic E-state index is -0.191. The number of carbonyl (C=O) groups excluding carboxylic acids is 1. The van der Waals surface area contributed by atoms with Crippen LogP contribution in [0.1, 0.15) is 17.3 Å². The van der Waals surface area contributed by atoms with Crippen molar-refractivity contribution in [1.82, 2.24) is 0 Å². The molecule has 1 rings (SSSR count). The Morgan fingerprint density at radius 3 is 2.62 bits per heavy atom. The molecule has 4 heteroatoms. The SMILES string of the molecule is COc1c(Br)ccc(C(C)=O)c1O. The van der Waals surface area contributed by atoms with Crippen LogP contribution in [0.25, 0.3) is 0 Å². The summed E-state index contributed by atoms with van der Waals surface area (Å²) < 4.78 is 5.54. The lowest BCUT2D eigenvalue weighted by atomic mass is 10.1. The predicted octanol–water partition coefficient (Wildman–Crippen LogP) is 2.37. The van der Waals surface area contributed by atoms with E-state index < -0.39 is 0 Å². The maximum atomic E-state index is 11.0. The van der Waals surface area contributed by atoms with Crippen LogP contribution in [0.2, 0.25) is 0 Å². The van der Waals surface area contributed by atoms with Crippen LogP contribution >= 0.6 is 15.9 Å². The number of aromatic hydroxyl groups is 1. The molecule has 1 aromatic carbocycles. The molecule has 0 aromatic heterocycles. The van der Waals surface area contributed by atoms with Gasteiger partial charge in [0, 0.05) is 0 Å². The van der Waals surface area contributed by atoms with E-state index in [1.165, 1.54) is 14.0 Å². The number of carbonyl (C=O) groups is 1. The van der Waals surface area contributed by atoms with Gasteiger partial charge in [0.1, 0.15) is 0 Å². The molecular weight excluding hydrogens is 236 g/mol. The fourth-order valence-corrected chi connectivity index (χ4v) is 1.51. The average molecular weight is 245 g/mol. The van der Waals surface area contributed by atoms with E-state index in [1.807, 2.05) is 0 Å². The summed E-state index contributed by atoms with van der Waals surface area (Å²) in [6.07, 6.45) is 0. The van der Waals surface area contributed by atoms with Gasteiger partial charge in [-0.05, 0) is 35.0 Å². The fraction of sp³-hybridized carbons (Fsp3) is 0.222. The summed E-state index contributed by atoms with van der Waals surface area (Å²) in [5.41, 5.74) is 0.264. The summed E-state index contributed by atoms with van der Waals surface area (Å²) in [5, 5.41) is 9.56. The van der Waals surface area contributed by atoms with Gasteiger partial charge in [-0.1, -0.05) is 0 Å². The van der Waals surface area contributed by atoms with Gasteiger partial charge in [-0.25, -0.2) is 0 Å². The van der Waals surface area contributed by atoms with E-state index in [-0.39, 0.29) is 22.8 Å². The number of methoxy groups -OCH3 is 1. The third kappa shape index (κ3) is 1.83. The highest BCUT2D eigenvalue weighted by molar-refractivity contribution is 9.10. The van der Waals surface area contributed by atoms with E-state index in [0.717, 1.165) is 0 Å². The summed E-state index contributed by atoms with van der Waals surface area (Å²) in [5.74, 6) is -0.0274. The van der Waals surface area contributed by atoms with E-state index in [1.54, 1.807) is 12.1 Å². The highest BCUT2D eigenvalue weighted by Gasteiger charge is 2.13. The first-order chi connectivity index (χ1) is 6.07. The Morgan fingerprint density at radius 2 is 2.15 bits per heavy atom. The molecule has 0 amide bonds. The standard InChI is InChI=1S/C9H9BrO3/c1-5(11)6-3-4-7(10)9(13-2)8(6)12/h3-4,12H,1-2H3. The Balaban J connectivity index is 3.35. The molecule has 0 spiro atoms. The number of phenols is 1. The van der Waals surface area contributed by atoms with Crippen LogP contribution in [0.4, 0.5) is 0 Å². The third-order valence-electron chi connectivity index (χ3n) is 1.67. The van der Waals surface area contributed by atoms with Crippen LogP contribution in [0.3, 0.4) is 0 Å². The van der Waals surface area contributed by atoms with E-state index in [0.29, 0.717) is 4.47 Å². The Labute approximate surface area is 84.5 Å². The molecular formula is C9H9BrO3. The number of rotatable bonds is 2. The van der Waals surface area contributed by atoms with Gasteiger partial charge in [0.2, 0.25) is 0 Å². The molecule has 0 unspecified atom stereocenters. The second-order valence-electron chi connectivity index (χ2n) is 2.53. The van der Waals surface area contributed by atoms with E-state index in [9.17, 15) is 9.90 Å². The molecule has 13 heavy (non-hydrogen) atoms. The average Bonchev–Trinajstić information content (AvgIpc) is 2.04. The molecule has 0 bridgehead atoms. The topological polar surface area (TPSA) is 46.5 Å². The van der Waals surface area contributed by atoms with Gasteiger partial charge in [0.05, 0.1) is 17.1 Å². The van der Waals surface area contributed by atoms with Gasteiger partial charge < -0.3 is 9.84 Å². The number of hydrogen-bond acceptors (Lipinski definition) is 3. The lowest BCUT2D eigenvalue weighted by Crippen LogP contribution is -1.95. The summed E-state index contributed by atoms with van der Waals surface area (Å²) in [6, 6.07) is 3.21. The van der Waals surface area contributed by atoms with Crippen LogP contribution < -0.4 is 4.74 Å². The van der Waals surface area contributed by atoms with Gasteiger partial charge >= 0.3 is 0 Å². The van der Waals surface area contributed by atoms with Crippen molar-refractivity contribution in [3.8, 4) is 11.5 Å². The number of ketones is 1. The first-order valence-corrected chi connectivity index (χ1v) is 4.43. The zero-order valence-corrected chi connectivity index (χ0v) is 8.88. The van der Waals surface area contributed by atoms with Crippen LogP contribution in [0, 0.1) is 0 Å². The van der Waals surface area contributed by atoms with Crippen LogP contribution in [0.15, 0.2) is 16.6 Å². The molecule has 0 saturated heterocycles. The Kier molecular flexibility index (Phi) is 2.93. The third-order valence-corrected chi connectivity index (χ3v) is 2.29. The largest absolute Gasteiger partial charge is 0.504 e. The predicted molar refractivity (Wildman–Crippen MR) is 52.4 cm³/mol. The Morgan fingerprint density at radius 1 is 1.54 bits per heavy atom. The van der Waals surface area contributed by atoms with Crippen molar-refractivity contribution in [2.24, 2.45) is 0 Å². The number of phenolic OH excluding ortho intramolecular Hbond substituents is 1. The Bertz CT molecular complexity index is 347. The molecule has 3 nitrogen and oxygen atoms in total. The first kappa shape index (κ1) is 10.1. The van der Waals surface area contributed by atoms with Crippen molar-refractivity contribution in [2.45, 2.75) is 6.92 Å². The number of hydrogen-bond donors (Lipinski definition) is 1. The van der Waals surface area contributed by atoms with Gasteiger partial charge in [0.15, 0.2) is 17.3 Å². The van der Waals surface area contributed by atoms with E-state index >= 15 is 0 Å². The highest BCUT2D eigenvalue weighted by Crippen LogP contribution is 2.36. The molecule has 0 heterocycles. The normalized spacial score (nSPS) is 9.77. The molecule has 70 valence electrons. The second-order valence-corrected chi connectivity index (χ2v) is 3.39. The lowest BCUT2D eigenvalue weighted by molar-refractivity contribution is 0.101. The monoisotopic (exact) mass is 244 g/mol. The molecule has 0 aliphatic heterocycles. The lowest BCUT2D eigenvalue weighted by Gasteiger charge is -2.08. The quantitative estimate of drug-likeness (QED) is 0.813. The molecule has 1 N–H and O–H groups in total. The summed E-state index contributed by atoms with van der Waals surface area (Å²) >= 11 is 3.19. The van der Waals surface area contributed by atoms with Gasteiger partial charge in [0.25, 0.3) is 0 Å². The summed E-state index contributed by atoms with van der Waals surface area (Å²) in [6.45, 7) is 1.39. The fourth-order valence-electron chi connectivity index (χ4n) is 1.02. The Hall–Kier alpha value is -1.03. The van der Waals surface area contributed by atoms with Crippen LogP contribution in [-0.4, -0.2) is 18.0 Å². The second kappa shape index (κ2) is 3.79. The molecule has 1 aromatic rings. The number of ether oxygens (including phenoxy) is 1. The first-order valence-electron chi connectivity index (χ1n) is 3.64. The van der Waals surface area contributed by atoms with Gasteiger partial charge in [-0.2, -0.15) is 0 Å². The van der Waals surface area contributed by atoms with Crippen molar-refractivity contribution >= 4 is 21.7 Å². The van der Waals surface area contributed by atoms with Crippen LogP contribution in [-0.2, 0) is 0 Å². The zero-order chi connectivity index (χ0) is 10.0. The van der Waals surface area contributed by atoms with E-state index in [4.69, 9.17) is 4.74 Å².